The van der Waals surface area contributed by atoms with Crippen LogP contribution in [0.4, 0.5) is 30.4 Å². The lowest BCUT2D eigenvalue weighted by Gasteiger charge is -2.33. The van der Waals surface area contributed by atoms with Gasteiger partial charge in [-0.1, -0.05) is 42.1 Å². The molecule has 7 nitrogen and oxygen atoms in total. The van der Waals surface area contributed by atoms with Crippen LogP contribution in [0.1, 0.15) is 23.6 Å². The molecule has 0 bridgehead atoms. The van der Waals surface area contributed by atoms with Crippen LogP contribution in [0.2, 0.25) is 0 Å². The van der Waals surface area contributed by atoms with Crippen LogP contribution in [-0.4, -0.2) is 46.0 Å². The van der Waals surface area contributed by atoms with E-state index in [1.165, 1.54) is 23.9 Å². The normalized spacial score (nSPS) is 19.8. The third kappa shape index (κ3) is 6.09. The standard InChI is InChI=1S/C32H28F3N5O2S/c1-20-5-4-6-21(2)29(20)40-30(43-18-31(40,3)41)38-28-16-22-7-8-23(15-24(22)17-36-28)27-13-14-39(19-37-27)25-9-11-26(12-10-25)42-32(33,34)35/h4-13,15-17,19,41H,14,18H2,1-3H3. The number of rotatable bonds is 5. The lowest BCUT2D eigenvalue weighted by Crippen LogP contribution is -2.45. The smallest absolute Gasteiger partial charge is 0.406 e. The SMILES string of the molecule is Cc1cccc(C)c1N1C(=Nc2cc3ccc(C4=CCN(c5ccc(OC(F)(F)F)cc5)C=N4)cc3cn2)SCC1(C)O. The Labute approximate surface area is 251 Å². The van der Waals surface area contributed by atoms with E-state index in [0.29, 0.717) is 29.0 Å². The second-order valence-electron chi connectivity index (χ2n) is 10.6. The average molecular weight is 604 g/mol. The van der Waals surface area contributed by atoms with Crippen LogP contribution in [0.3, 0.4) is 0 Å². The molecule has 2 aliphatic rings. The zero-order valence-corrected chi connectivity index (χ0v) is 24.4. The Morgan fingerprint density at radius 3 is 2.42 bits per heavy atom. The van der Waals surface area contributed by atoms with Gasteiger partial charge in [0.25, 0.3) is 0 Å². The van der Waals surface area contributed by atoms with Crippen LogP contribution in [0.25, 0.3) is 16.5 Å². The van der Waals surface area contributed by atoms with Gasteiger partial charge in [0.1, 0.15) is 5.75 Å². The molecule has 1 saturated heterocycles. The van der Waals surface area contributed by atoms with Gasteiger partial charge in [-0.3, -0.25) is 4.90 Å². The predicted molar refractivity (Wildman–Crippen MR) is 167 cm³/mol. The molecule has 220 valence electrons. The van der Waals surface area contributed by atoms with E-state index in [-0.39, 0.29) is 5.75 Å². The molecule has 3 aromatic carbocycles. The summed E-state index contributed by atoms with van der Waals surface area (Å²) in [5.74, 6) is 0.767. The molecule has 0 spiro atoms. The number of amidine groups is 1. The van der Waals surface area contributed by atoms with Crippen molar-refractivity contribution >= 4 is 56.9 Å². The molecule has 1 unspecified atom stereocenters. The summed E-state index contributed by atoms with van der Waals surface area (Å²) < 4.78 is 41.3. The monoisotopic (exact) mass is 603 g/mol. The number of halogens is 3. The van der Waals surface area contributed by atoms with E-state index in [0.717, 1.165) is 38.8 Å². The molecule has 6 rings (SSSR count). The number of aliphatic hydroxyl groups is 1. The summed E-state index contributed by atoms with van der Waals surface area (Å²) in [6, 6.07) is 19.7. The van der Waals surface area contributed by atoms with Gasteiger partial charge in [-0.05, 0) is 79.8 Å². The van der Waals surface area contributed by atoms with E-state index < -0.39 is 12.1 Å². The Hall–Kier alpha value is -4.35. The molecule has 11 heteroatoms. The molecule has 3 heterocycles. The Morgan fingerprint density at radius 2 is 1.74 bits per heavy atom. The third-order valence-electron chi connectivity index (χ3n) is 7.24. The number of benzene rings is 3. The first kappa shape index (κ1) is 28.8. The molecule has 43 heavy (non-hydrogen) atoms. The van der Waals surface area contributed by atoms with Gasteiger partial charge in [-0.15, -0.1) is 13.2 Å². The molecule has 0 amide bonds. The second kappa shape index (κ2) is 11.1. The van der Waals surface area contributed by atoms with Gasteiger partial charge < -0.3 is 14.7 Å². The van der Waals surface area contributed by atoms with E-state index in [4.69, 9.17) is 4.99 Å². The molecule has 2 aliphatic heterocycles. The highest BCUT2D eigenvalue weighted by Gasteiger charge is 2.41. The topological polar surface area (TPSA) is 73.5 Å². The summed E-state index contributed by atoms with van der Waals surface area (Å²) in [5.41, 5.74) is 4.39. The minimum atomic E-state index is -4.73. The number of fused-ring (bicyclic) bond motifs is 1. The summed E-state index contributed by atoms with van der Waals surface area (Å²) >= 11 is 1.50. The van der Waals surface area contributed by atoms with Crippen LogP contribution < -0.4 is 14.5 Å². The summed E-state index contributed by atoms with van der Waals surface area (Å²) in [7, 11) is 0. The quantitative estimate of drug-likeness (QED) is 0.253. The Kier molecular flexibility index (Phi) is 7.39. The van der Waals surface area contributed by atoms with E-state index in [9.17, 15) is 18.3 Å². The maximum absolute atomic E-state index is 12.4. The molecule has 1 N–H and O–H groups in total. The number of para-hydroxylation sites is 1. The van der Waals surface area contributed by atoms with E-state index in [2.05, 4.69) is 14.7 Å². The molecule has 1 atom stereocenters. The van der Waals surface area contributed by atoms with Crippen molar-refractivity contribution in [2.75, 3.05) is 22.1 Å². The minimum absolute atomic E-state index is 0.270. The van der Waals surface area contributed by atoms with Crippen molar-refractivity contribution in [2.45, 2.75) is 32.9 Å². The fourth-order valence-electron chi connectivity index (χ4n) is 5.18. The number of aromatic nitrogens is 1. The zero-order valence-electron chi connectivity index (χ0n) is 23.6. The van der Waals surface area contributed by atoms with E-state index in [1.54, 1.807) is 31.6 Å². The Morgan fingerprint density at radius 1 is 1.00 bits per heavy atom. The second-order valence-corrected chi connectivity index (χ2v) is 11.6. The summed E-state index contributed by atoms with van der Waals surface area (Å²) in [6.45, 7) is 6.36. The van der Waals surface area contributed by atoms with E-state index >= 15 is 0 Å². The fourth-order valence-corrected chi connectivity index (χ4v) is 6.29. The van der Waals surface area contributed by atoms with Crippen LogP contribution in [-0.2, 0) is 0 Å². The molecule has 0 saturated carbocycles. The number of hydrogen-bond acceptors (Lipinski definition) is 7. The number of thioether (sulfide) groups is 1. The summed E-state index contributed by atoms with van der Waals surface area (Å²) in [5, 5.41) is 13.8. The van der Waals surface area contributed by atoms with Gasteiger partial charge in [0.05, 0.1) is 17.7 Å². The van der Waals surface area contributed by atoms with Crippen LogP contribution in [0, 0.1) is 13.8 Å². The van der Waals surface area contributed by atoms with Gasteiger partial charge in [0.15, 0.2) is 16.7 Å². The first-order valence-corrected chi connectivity index (χ1v) is 14.5. The minimum Gasteiger partial charge on any atom is -0.406 e. The largest absolute Gasteiger partial charge is 0.573 e. The number of aryl methyl sites for hydroxylation is 2. The van der Waals surface area contributed by atoms with Crippen LogP contribution >= 0.6 is 11.8 Å². The van der Waals surface area contributed by atoms with Crippen LogP contribution in [0.15, 0.2) is 89.0 Å². The van der Waals surface area contributed by atoms with Gasteiger partial charge in [0, 0.05) is 35.1 Å². The van der Waals surface area contributed by atoms with Crippen molar-refractivity contribution in [3.8, 4) is 5.75 Å². The van der Waals surface area contributed by atoms with Gasteiger partial charge >= 0.3 is 6.36 Å². The third-order valence-corrected chi connectivity index (χ3v) is 8.47. The lowest BCUT2D eigenvalue weighted by molar-refractivity contribution is -0.274. The van der Waals surface area contributed by atoms with Crippen molar-refractivity contribution in [1.29, 1.82) is 0 Å². The molecule has 0 aliphatic carbocycles. The first-order chi connectivity index (χ1) is 20.5. The summed E-state index contributed by atoms with van der Waals surface area (Å²) in [4.78, 5) is 17.8. The van der Waals surface area contributed by atoms with Crippen molar-refractivity contribution in [1.82, 2.24) is 4.98 Å². The number of hydrogen-bond donors (Lipinski definition) is 1. The zero-order chi connectivity index (χ0) is 30.4. The lowest BCUT2D eigenvalue weighted by atomic mass is 10.1. The number of nitrogens with zero attached hydrogens (tertiary/aromatic N) is 5. The first-order valence-electron chi connectivity index (χ1n) is 13.5. The highest BCUT2D eigenvalue weighted by Crippen LogP contribution is 2.40. The molecule has 1 aromatic heterocycles. The number of alkyl halides is 3. The Bertz CT molecular complexity index is 1760. The fraction of sp³-hybridized carbons (Fsp3) is 0.219. The van der Waals surface area contributed by atoms with Gasteiger partial charge in [0.2, 0.25) is 0 Å². The Balaban J connectivity index is 1.20. The number of aliphatic imine (C=N–C) groups is 2. The number of pyridine rings is 1. The highest BCUT2D eigenvalue weighted by atomic mass is 32.2. The van der Waals surface area contributed by atoms with E-state index in [1.807, 2.05) is 72.2 Å². The molecule has 4 aromatic rings. The summed E-state index contributed by atoms with van der Waals surface area (Å²) in [6.07, 6.45) is 0.673. The van der Waals surface area contributed by atoms with Crippen molar-refractivity contribution in [3.05, 3.63) is 95.7 Å². The highest BCUT2D eigenvalue weighted by molar-refractivity contribution is 8.14. The molecular weight excluding hydrogens is 575 g/mol. The number of ether oxygens (including phenoxy) is 1. The predicted octanol–water partition coefficient (Wildman–Crippen LogP) is 7.59. The van der Waals surface area contributed by atoms with Gasteiger partial charge in [-0.2, -0.15) is 0 Å². The molecule has 1 fully saturated rings. The average Bonchev–Trinajstić information content (AvgIpc) is 3.25. The maximum Gasteiger partial charge on any atom is 0.573 e. The number of anilines is 2. The van der Waals surface area contributed by atoms with Crippen molar-refractivity contribution < 1.29 is 23.0 Å². The molecular formula is C32H28F3N5O2S. The maximum atomic E-state index is 12.4. The molecule has 0 radical (unpaired) electrons. The van der Waals surface area contributed by atoms with Gasteiger partial charge in [-0.25, -0.2) is 15.0 Å². The van der Waals surface area contributed by atoms with Crippen LogP contribution in [0.5, 0.6) is 5.75 Å². The van der Waals surface area contributed by atoms with Crippen molar-refractivity contribution in [3.63, 3.8) is 0 Å². The van der Waals surface area contributed by atoms with Crippen molar-refractivity contribution in [2.24, 2.45) is 9.98 Å².